The zero-order valence-electron chi connectivity index (χ0n) is 12.0. The van der Waals surface area contributed by atoms with Crippen LogP contribution in [0.25, 0.3) is 0 Å². The summed E-state index contributed by atoms with van der Waals surface area (Å²) in [6.07, 6.45) is 0.340. The SMILES string of the molecule is CC(=O)Nc1cc(C(=O)N2CCC(=O)[C@@H](C)C2)ccc1F. The molecule has 0 spiro atoms. The van der Waals surface area contributed by atoms with E-state index in [2.05, 4.69) is 5.32 Å². The molecule has 2 rings (SSSR count). The van der Waals surface area contributed by atoms with Crippen molar-refractivity contribution in [1.29, 1.82) is 0 Å². The molecule has 1 aliphatic heterocycles. The number of likely N-dealkylation sites (tertiary alicyclic amines) is 1. The third-order valence-electron chi connectivity index (χ3n) is 3.48. The van der Waals surface area contributed by atoms with Crippen LogP contribution in [-0.2, 0) is 9.59 Å². The average Bonchev–Trinajstić information content (AvgIpc) is 2.43. The normalized spacial score (nSPS) is 18.5. The van der Waals surface area contributed by atoms with Gasteiger partial charge in [0.15, 0.2) is 0 Å². The highest BCUT2D eigenvalue weighted by Gasteiger charge is 2.27. The summed E-state index contributed by atoms with van der Waals surface area (Å²) in [6, 6.07) is 3.85. The molecule has 0 aliphatic carbocycles. The Morgan fingerprint density at radius 2 is 2.10 bits per heavy atom. The van der Waals surface area contributed by atoms with Gasteiger partial charge < -0.3 is 10.2 Å². The van der Waals surface area contributed by atoms with E-state index in [0.29, 0.717) is 25.1 Å². The van der Waals surface area contributed by atoms with Gasteiger partial charge in [-0.15, -0.1) is 0 Å². The highest BCUT2D eigenvalue weighted by molar-refractivity contribution is 5.98. The van der Waals surface area contributed by atoms with Gasteiger partial charge in [-0.1, -0.05) is 6.92 Å². The molecule has 1 saturated heterocycles. The Balaban J connectivity index is 2.19. The van der Waals surface area contributed by atoms with Crippen LogP contribution in [0.2, 0.25) is 0 Å². The number of halogens is 1. The maximum atomic E-state index is 13.6. The molecule has 6 heteroatoms. The summed E-state index contributed by atoms with van der Waals surface area (Å²) in [5.41, 5.74) is 0.274. The van der Waals surface area contributed by atoms with Crippen molar-refractivity contribution in [3.05, 3.63) is 29.6 Å². The molecule has 1 N–H and O–H groups in total. The second-order valence-corrected chi connectivity index (χ2v) is 5.24. The lowest BCUT2D eigenvalue weighted by molar-refractivity contribution is -0.124. The van der Waals surface area contributed by atoms with Crippen LogP contribution in [0.5, 0.6) is 0 Å². The lowest BCUT2D eigenvalue weighted by atomic mass is 9.98. The smallest absolute Gasteiger partial charge is 0.253 e. The third-order valence-corrected chi connectivity index (χ3v) is 3.48. The number of carbonyl (C=O) groups excluding carboxylic acids is 3. The van der Waals surface area contributed by atoms with Crippen LogP contribution >= 0.6 is 0 Å². The molecule has 112 valence electrons. The molecule has 21 heavy (non-hydrogen) atoms. The Bertz CT molecular complexity index is 601. The summed E-state index contributed by atoms with van der Waals surface area (Å²) in [7, 11) is 0. The fourth-order valence-electron chi connectivity index (χ4n) is 2.33. The Hall–Kier alpha value is -2.24. The van der Waals surface area contributed by atoms with Crippen LogP contribution in [0.3, 0.4) is 0 Å². The number of Topliss-reactive ketones (excluding diaryl/α,β-unsaturated/α-hetero) is 1. The van der Waals surface area contributed by atoms with Gasteiger partial charge >= 0.3 is 0 Å². The molecule has 0 bridgehead atoms. The van der Waals surface area contributed by atoms with Crippen LogP contribution < -0.4 is 5.32 Å². The van der Waals surface area contributed by atoms with Crippen molar-refractivity contribution in [2.24, 2.45) is 5.92 Å². The zero-order chi connectivity index (χ0) is 15.6. The van der Waals surface area contributed by atoms with E-state index in [-0.39, 0.29) is 23.3 Å². The van der Waals surface area contributed by atoms with Gasteiger partial charge in [0, 0.05) is 37.9 Å². The molecule has 0 aromatic heterocycles. The van der Waals surface area contributed by atoms with E-state index in [0.717, 1.165) is 6.07 Å². The van der Waals surface area contributed by atoms with Gasteiger partial charge in [-0.25, -0.2) is 4.39 Å². The minimum atomic E-state index is -0.594. The lowest BCUT2D eigenvalue weighted by Gasteiger charge is -2.30. The molecule has 2 amide bonds. The van der Waals surface area contributed by atoms with E-state index in [1.165, 1.54) is 19.1 Å². The number of nitrogens with zero attached hydrogens (tertiary/aromatic N) is 1. The van der Waals surface area contributed by atoms with Gasteiger partial charge in [-0.3, -0.25) is 14.4 Å². The molecular weight excluding hydrogens is 275 g/mol. The van der Waals surface area contributed by atoms with Gasteiger partial charge in [0.2, 0.25) is 5.91 Å². The Morgan fingerprint density at radius 1 is 1.38 bits per heavy atom. The second-order valence-electron chi connectivity index (χ2n) is 5.24. The van der Waals surface area contributed by atoms with Crippen molar-refractivity contribution in [2.45, 2.75) is 20.3 Å². The van der Waals surface area contributed by atoms with Crippen LogP contribution in [0.4, 0.5) is 10.1 Å². The predicted octanol–water partition coefficient (Wildman–Crippen LogP) is 1.84. The van der Waals surface area contributed by atoms with Crippen molar-refractivity contribution in [1.82, 2.24) is 4.90 Å². The van der Waals surface area contributed by atoms with Gasteiger partial charge in [-0.05, 0) is 18.2 Å². The Kier molecular flexibility index (Phi) is 4.35. The number of nitrogens with one attached hydrogen (secondary N) is 1. The first-order valence-corrected chi connectivity index (χ1v) is 6.77. The number of benzene rings is 1. The van der Waals surface area contributed by atoms with Gasteiger partial charge in [0.25, 0.3) is 5.91 Å². The number of carbonyl (C=O) groups is 3. The van der Waals surface area contributed by atoms with Crippen molar-refractivity contribution >= 4 is 23.3 Å². The number of anilines is 1. The van der Waals surface area contributed by atoms with Crippen LogP contribution in [-0.4, -0.2) is 35.6 Å². The number of amides is 2. The first kappa shape index (κ1) is 15.2. The number of hydrogen-bond donors (Lipinski definition) is 1. The molecular formula is C15H17FN2O3. The van der Waals surface area contributed by atoms with Crippen LogP contribution in [0, 0.1) is 11.7 Å². The molecule has 1 fully saturated rings. The van der Waals surface area contributed by atoms with E-state index in [1.54, 1.807) is 11.8 Å². The highest BCUT2D eigenvalue weighted by atomic mass is 19.1. The van der Waals surface area contributed by atoms with E-state index >= 15 is 0 Å². The minimum Gasteiger partial charge on any atom is -0.337 e. The fourth-order valence-corrected chi connectivity index (χ4v) is 2.33. The molecule has 0 radical (unpaired) electrons. The van der Waals surface area contributed by atoms with Crippen molar-refractivity contribution in [2.75, 3.05) is 18.4 Å². The largest absolute Gasteiger partial charge is 0.337 e. The molecule has 1 aromatic rings. The molecule has 1 atom stereocenters. The first-order chi connectivity index (χ1) is 9.88. The second kappa shape index (κ2) is 6.03. The number of hydrogen-bond acceptors (Lipinski definition) is 3. The van der Waals surface area contributed by atoms with E-state index in [1.807, 2.05) is 0 Å². The molecule has 0 unspecified atom stereocenters. The monoisotopic (exact) mass is 292 g/mol. The van der Waals surface area contributed by atoms with Crippen LogP contribution in [0.15, 0.2) is 18.2 Å². The maximum Gasteiger partial charge on any atom is 0.253 e. The number of rotatable bonds is 2. The van der Waals surface area contributed by atoms with Crippen molar-refractivity contribution in [3.63, 3.8) is 0 Å². The summed E-state index contributed by atoms with van der Waals surface area (Å²) in [5.74, 6) is -1.30. The summed E-state index contributed by atoms with van der Waals surface area (Å²) < 4.78 is 13.6. The van der Waals surface area contributed by atoms with Crippen molar-refractivity contribution in [3.8, 4) is 0 Å². The first-order valence-electron chi connectivity index (χ1n) is 6.77. The quantitative estimate of drug-likeness (QED) is 0.904. The lowest BCUT2D eigenvalue weighted by Crippen LogP contribution is -2.43. The minimum absolute atomic E-state index is 0.0190. The zero-order valence-corrected chi connectivity index (χ0v) is 12.0. The summed E-state index contributed by atoms with van der Waals surface area (Å²) >= 11 is 0. The molecule has 1 aliphatic rings. The molecule has 5 nitrogen and oxygen atoms in total. The van der Waals surface area contributed by atoms with Crippen molar-refractivity contribution < 1.29 is 18.8 Å². The van der Waals surface area contributed by atoms with E-state index < -0.39 is 11.7 Å². The molecule has 1 heterocycles. The highest BCUT2D eigenvalue weighted by Crippen LogP contribution is 2.20. The maximum absolute atomic E-state index is 13.6. The summed E-state index contributed by atoms with van der Waals surface area (Å²) in [4.78, 5) is 36.5. The van der Waals surface area contributed by atoms with Gasteiger partial charge in [0.1, 0.15) is 11.6 Å². The number of ketones is 1. The predicted molar refractivity (Wildman–Crippen MR) is 75.4 cm³/mol. The summed E-state index contributed by atoms with van der Waals surface area (Å²) in [6.45, 7) is 3.79. The number of piperidine rings is 1. The topological polar surface area (TPSA) is 66.5 Å². The Labute approximate surface area is 122 Å². The van der Waals surface area contributed by atoms with Gasteiger partial charge in [0.05, 0.1) is 5.69 Å². The Morgan fingerprint density at radius 3 is 2.71 bits per heavy atom. The molecule has 0 saturated carbocycles. The molecule has 1 aromatic carbocycles. The van der Waals surface area contributed by atoms with Gasteiger partial charge in [-0.2, -0.15) is 0 Å². The third kappa shape index (κ3) is 3.45. The average molecular weight is 292 g/mol. The van der Waals surface area contributed by atoms with E-state index in [9.17, 15) is 18.8 Å². The van der Waals surface area contributed by atoms with Crippen LogP contribution in [0.1, 0.15) is 30.6 Å². The standard InChI is InChI=1S/C15H17FN2O3/c1-9-8-18(6-5-14(9)20)15(21)11-3-4-12(16)13(7-11)17-10(2)19/h3-4,7,9H,5-6,8H2,1-2H3,(H,17,19)/t9-/m0/s1. The fraction of sp³-hybridized carbons (Fsp3) is 0.400. The van der Waals surface area contributed by atoms with E-state index in [4.69, 9.17) is 0 Å². The summed E-state index contributed by atoms with van der Waals surface area (Å²) in [5, 5.41) is 2.35.